The van der Waals surface area contributed by atoms with Crippen LogP contribution >= 0.6 is 11.8 Å². The molecule has 0 saturated carbocycles. The summed E-state index contributed by atoms with van der Waals surface area (Å²) in [5.41, 5.74) is 1.01. The minimum atomic E-state index is -0.504. The molecule has 0 aromatic rings. The molecule has 0 aromatic carbocycles. The van der Waals surface area contributed by atoms with Crippen LogP contribution < -0.4 is 0 Å². The van der Waals surface area contributed by atoms with Gasteiger partial charge < -0.3 is 10.1 Å². The molecule has 0 unspecified atom stereocenters. The number of rotatable bonds is 1. The molecule has 0 fully saturated rings. The van der Waals surface area contributed by atoms with Crippen molar-refractivity contribution in [2.24, 2.45) is 0 Å². The van der Waals surface area contributed by atoms with E-state index in [9.17, 15) is 10.1 Å². The first kappa shape index (κ1) is 8.07. The second kappa shape index (κ2) is 2.92. The van der Waals surface area contributed by atoms with Crippen LogP contribution in [0.25, 0.3) is 0 Å². The van der Waals surface area contributed by atoms with Crippen molar-refractivity contribution in [3.63, 3.8) is 0 Å². The Balaban J connectivity index is 2.87. The van der Waals surface area contributed by atoms with Crippen LogP contribution in [0.2, 0.25) is 0 Å². The highest BCUT2D eigenvalue weighted by atomic mass is 35.5. The topological polar surface area (TPSA) is 46.4 Å². The molecule has 0 saturated heterocycles. The van der Waals surface area contributed by atoms with Crippen molar-refractivity contribution in [1.82, 2.24) is 4.42 Å². The third-order valence-corrected chi connectivity index (χ3v) is 1.63. The van der Waals surface area contributed by atoms with E-state index in [1.165, 1.54) is 6.08 Å². The summed E-state index contributed by atoms with van der Waals surface area (Å²) in [6.07, 6.45) is 3.09. The van der Waals surface area contributed by atoms with E-state index in [4.69, 9.17) is 11.8 Å². The standard InChI is InChI=1S/C6H7ClN2O2/c1-5-2-3-6(9(10)11)8(7)4-5/h2-3H,4H2,1H3. The van der Waals surface area contributed by atoms with Crippen LogP contribution in [0, 0.1) is 10.1 Å². The first-order chi connectivity index (χ1) is 5.11. The van der Waals surface area contributed by atoms with Gasteiger partial charge in [0.15, 0.2) is 0 Å². The van der Waals surface area contributed by atoms with E-state index in [1.54, 1.807) is 6.08 Å². The average molecular weight is 175 g/mol. The van der Waals surface area contributed by atoms with Crippen LogP contribution in [0.3, 0.4) is 0 Å². The first-order valence-electron chi connectivity index (χ1n) is 3.06. The number of nitrogens with zero attached hydrogens (tertiary/aromatic N) is 2. The third kappa shape index (κ3) is 1.71. The Hall–Kier alpha value is -1.03. The average Bonchev–Trinajstić information content (AvgIpc) is 1.85. The summed E-state index contributed by atoms with van der Waals surface area (Å²) in [4.78, 5) is 9.75. The fourth-order valence-corrected chi connectivity index (χ4v) is 1.11. The molecular weight excluding hydrogens is 168 g/mol. The van der Waals surface area contributed by atoms with Gasteiger partial charge in [-0.3, -0.25) is 0 Å². The van der Waals surface area contributed by atoms with E-state index in [1.807, 2.05) is 6.92 Å². The molecule has 0 radical (unpaired) electrons. The largest absolute Gasteiger partial charge is 0.358 e. The zero-order valence-corrected chi connectivity index (χ0v) is 6.71. The normalized spacial score (nSPS) is 17.5. The zero-order valence-electron chi connectivity index (χ0n) is 5.95. The van der Waals surface area contributed by atoms with E-state index in [2.05, 4.69) is 0 Å². The van der Waals surface area contributed by atoms with Crippen molar-refractivity contribution in [2.75, 3.05) is 6.54 Å². The predicted molar refractivity (Wildman–Crippen MR) is 41.4 cm³/mol. The summed E-state index contributed by atoms with van der Waals surface area (Å²) in [5, 5.41) is 10.3. The Labute approximate surface area is 69.0 Å². The van der Waals surface area contributed by atoms with Gasteiger partial charge in [0.25, 0.3) is 0 Å². The Bertz CT molecular complexity index is 247. The maximum absolute atomic E-state index is 10.3. The maximum atomic E-state index is 10.3. The molecule has 0 N–H and O–H groups in total. The van der Waals surface area contributed by atoms with Crippen LogP contribution in [0.15, 0.2) is 23.5 Å². The monoisotopic (exact) mass is 174 g/mol. The lowest BCUT2D eigenvalue weighted by Crippen LogP contribution is -2.22. The van der Waals surface area contributed by atoms with Crippen LogP contribution in [-0.2, 0) is 0 Å². The molecule has 1 rings (SSSR count). The molecule has 0 bridgehead atoms. The lowest BCUT2D eigenvalue weighted by molar-refractivity contribution is -0.441. The van der Waals surface area contributed by atoms with Gasteiger partial charge in [0.05, 0.1) is 0 Å². The maximum Gasteiger partial charge on any atom is 0.335 e. The van der Waals surface area contributed by atoms with Crippen LogP contribution in [-0.4, -0.2) is 15.9 Å². The highest BCUT2D eigenvalue weighted by Crippen LogP contribution is 2.16. The van der Waals surface area contributed by atoms with Gasteiger partial charge in [-0.15, -0.1) is 0 Å². The van der Waals surface area contributed by atoms with Gasteiger partial charge in [0.1, 0.15) is 18.3 Å². The van der Waals surface area contributed by atoms with E-state index in [0.717, 1.165) is 9.99 Å². The summed E-state index contributed by atoms with van der Waals surface area (Å²) in [7, 11) is 0. The fraction of sp³-hybridized carbons (Fsp3) is 0.333. The van der Waals surface area contributed by atoms with E-state index in [-0.39, 0.29) is 5.82 Å². The van der Waals surface area contributed by atoms with Crippen molar-refractivity contribution in [3.8, 4) is 0 Å². The molecule has 1 aliphatic rings. The molecule has 0 spiro atoms. The molecule has 4 nitrogen and oxygen atoms in total. The van der Waals surface area contributed by atoms with Crippen molar-refractivity contribution >= 4 is 11.8 Å². The minimum absolute atomic E-state index is 0.0720. The third-order valence-electron chi connectivity index (χ3n) is 1.34. The van der Waals surface area contributed by atoms with E-state index >= 15 is 0 Å². The number of allylic oxidation sites excluding steroid dienone is 2. The van der Waals surface area contributed by atoms with Crippen molar-refractivity contribution in [3.05, 3.63) is 33.7 Å². The van der Waals surface area contributed by atoms with Gasteiger partial charge in [-0.05, 0) is 17.4 Å². The minimum Gasteiger partial charge on any atom is -0.358 e. The van der Waals surface area contributed by atoms with Gasteiger partial charge in [-0.1, -0.05) is 6.08 Å². The fourth-order valence-electron chi connectivity index (χ4n) is 0.800. The predicted octanol–water partition coefficient (Wildman–Crippen LogP) is 1.52. The molecule has 11 heavy (non-hydrogen) atoms. The highest BCUT2D eigenvalue weighted by molar-refractivity contribution is 6.14. The lowest BCUT2D eigenvalue weighted by atomic mass is 10.2. The van der Waals surface area contributed by atoms with Gasteiger partial charge in [0, 0.05) is 6.08 Å². The second-order valence-corrected chi connectivity index (χ2v) is 2.72. The summed E-state index contributed by atoms with van der Waals surface area (Å²) in [6, 6.07) is 0. The Morgan fingerprint density at radius 3 is 2.82 bits per heavy atom. The first-order valence-corrected chi connectivity index (χ1v) is 3.40. The summed E-state index contributed by atoms with van der Waals surface area (Å²) in [6.45, 7) is 2.27. The van der Waals surface area contributed by atoms with Crippen molar-refractivity contribution in [1.29, 1.82) is 0 Å². The van der Waals surface area contributed by atoms with Gasteiger partial charge in [-0.25, -0.2) is 0 Å². The smallest absolute Gasteiger partial charge is 0.335 e. The molecule has 0 amide bonds. The number of hydrogen-bond donors (Lipinski definition) is 0. The Morgan fingerprint density at radius 2 is 2.36 bits per heavy atom. The molecular formula is C6H7ClN2O2. The van der Waals surface area contributed by atoms with Crippen LogP contribution in [0.5, 0.6) is 0 Å². The molecule has 0 aliphatic carbocycles. The number of hydrogen-bond acceptors (Lipinski definition) is 3. The Kier molecular flexibility index (Phi) is 2.14. The number of halogens is 1. The molecule has 5 heteroatoms. The molecule has 60 valence electrons. The SMILES string of the molecule is CC1=CC=C([N+](=O)[O-])N(Cl)C1. The van der Waals surface area contributed by atoms with E-state index < -0.39 is 4.92 Å². The van der Waals surface area contributed by atoms with Gasteiger partial charge >= 0.3 is 5.82 Å². The van der Waals surface area contributed by atoms with Crippen molar-refractivity contribution < 1.29 is 4.92 Å². The summed E-state index contributed by atoms with van der Waals surface area (Å²) < 4.78 is 1.09. The molecule has 0 atom stereocenters. The summed E-state index contributed by atoms with van der Waals surface area (Å²) in [5.74, 6) is -0.0720. The highest BCUT2D eigenvalue weighted by Gasteiger charge is 2.21. The molecule has 1 aliphatic heterocycles. The van der Waals surface area contributed by atoms with Crippen molar-refractivity contribution in [2.45, 2.75) is 6.92 Å². The lowest BCUT2D eigenvalue weighted by Gasteiger charge is -2.12. The number of nitro groups is 1. The van der Waals surface area contributed by atoms with Crippen LogP contribution in [0.1, 0.15) is 6.92 Å². The quantitative estimate of drug-likeness (QED) is 0.344. The summed E-state index contributed by atoms with van der Waals surface area (Å²) >= 11 is 5.56. The molecule has 0 aromatic heterocycles. The van der Waals surface area contributed by atoms with E-state index in [0.29, 0.717) is 6.54 Å². The molecule has 1 heterocycles. The second-order valence-electron chi connectivity index (χ2n) is 2.32. The van der Waals surface area contributed by atoms with Gasteiger partial charge in [-0.2, -0.15) is 4.42 Å². The Morgan fingerprint density at radius 1 is 1.73 bits per heavy atom. The van der Waals surface area contributed by atoms with Crippen LogP contribution in [0.4, 0.5) is 0 Å². The zero-order chi connectivity index (χ0) is 8.43. The van der Waals surface area contributed by atoms with Gasteiger partial charge in [0.2, 0.25) is 0 Å².